The number of phenolic OH excluding ortho intramolecular Hbond substituents is 1. The van der Waals surface area contributed by atoms with Gasteiger partial charge in [-0.3, -0.25) is 9.69 Å². The van der Waals surface area contributed by atoms with E-state index in [0.29, 0.717) is 40.5 Å². The summed E-state index contributed by atoms with van der Waals surface area (Å²) in [7, 11) is 3.12. The molecule has 0 radical (unpaired) electrons. The van der Waals surface area contributed by atoms with E-state index in [1.165, 1.54) is 12.1 Å². The van der Waals surface area contributed by atoms with Crippen molar-refractivity contribution in [1.82, 2.24) is 4.90 Å². The Hall–Kier alpha value is -4.04. The predicted molar refractivity (Wildman–Crippen MR) is 134 cm³/mol. The van der Waals surface area contributed by atoms with Gasteiger partial charge in [0.2, 0.25) is 5.78 Å². The summed E-state index contributed by atoms with van der Waals surface area (Å²) < 4.78 is 30.0. The van der Waals surface area contributed by atoms with E-state index >= 15 is 0 Å². The van der Waals surface area contributed by atoms with Gasteiger partial charge in [-0.15, -0.1) is 0 Å². The first-order chi connectivity index (χ1) is 17.5. The van der Waals surface area contributed by atoms with Crippen molar-refractivity contribution in [3.05, 3.63) is 82.9 Å². The van der Waals surface area contributed by atoms with Gasteiger partial charge in [0.15, 0.2) is 5.76 Å². The Bertz CT molecular complexity index is 1310. The fourth-order valence-electron chi connectivity index (χ4n) is 4.57. The van der Waals surface area contributed by atoms with E-state index in [9.17, 15) is 14.3 Å². The monoisotopic (exact) mass is 490 g/mol. The number of anilines is 1. The quantitative estimate of drug-likeness (QED) is 0.511. The molecule has 0 saturated carbocycles. The van der Waals surface area contributed by atoms with E-state index in [1.54, 1.807) is 62.8 Å². The summed E-state index contributed by atoms with van der Waals surface area (Å²) in [6.07, 6.45) is 1.64. The number of allylic oxidation sites excluding steroid dienone is 1. The molecule has 0 bridgehead atoms. The van der Waals surface area contributed by atoms with Crippen molar-refractivity contribution in [3.63, 3.8) is 0 Å². The Kier molecular flexibility index (Phi) is 6.52. The van der Waals surface area contributed by atoms with Gasteiger partial charge in [-0.1, -0.05) is 0 Å². The number of hydrogen-bond donors (Lipinski definition) is 1. The van der Waals surface area contributed by atoms with Crippen LogP contribution >= 0.6 is 0 Å². The molecule has 0 amide bonds. The van der Waals surface area contributed by atoms with E-state index in [0.717, 1.165) is 31.9 Å². The number of hydrogen-bond acceptors (Lipinski definition) is 7. The summed E-state index contributed by atoms with van der Waals surface area (Å²) in [4.78, 5) is 17.5. The number of nitrogens with zero attached hydrogens (tertiary/aromatic N) is 2. The third kappa shape index (κ3) is 4.59. The Morgan fingerprint density at radius 3 is 2.44 bits per heavy atom. The number of methoxy groups -OCH3 is 2. The average molecular weight is 491 g/mol. The number of carbonyl (C=O) groups excluding carboxylic acids is 1. The lowest BCUT2D eigenvalue weighted by Gasteiger charge is -2.36. The van der Waals surface area contributed by atoms with Gasteiger partial charge in [0.25, 0.3) is 0 Å². The molecule has 7 nitrogen and oxygen atoms in total. The topological polar surface area (TPSA) is 71.5 Å². The van der Waals surface area contributed by atoms with Crippen molar-refractivity contribution >= 4 is 17.5 Å². The maximum absolute atomic E-state index is 13.2. The Balaban J connectivity index is 1.34. The maximum Gasteiger partial charge on any atom is 0.231 e. The number of Topliss-reactive ketones (excluding diaryl/α,β-unsaturated/α-hetero) is 1. The number of rotatable bonds is 6. The Morgan fingerprint density at radius 1 is 1.00 bits per heavy atom. The molecule has 0 unspecified atom stereocenters. The van der Waals surface area contributed by atoms with Crippen LogP contribution in [0.2, 0.25) is 0 Å². The molecular weight excluding hydrogens is 463 g/mol. The van der Waals surface area contributed by atoms with E-state index < -0.39 is 0 Å². The number of ether oxygens (including phenoxy) is 3. The summed E-state index contributed by atoms with van der Waals surface area (Å²) in [6, 6.07) is 15.0. The van der Waals surface area contributed by atoms with Crippen LogP contribution in [0.4, 0.5) is 10.1 Å². The lowest BCUT2D eigenvalue weighted by Crippen LogP contribution is -2.46. The molecule has 36 heavy (non-hydrogen) atoms. The summed E-state index contributed by atoms with van der Waals surface area (Å²) in [5.41, 5.74) is 2.67. The van der Waals surface area contributed by atoms with Gasteiger partial charge in [-0.25, -0.2) is 4.39 Å². The van der Waals surface area contributed by atoms with Crippen molar-refractivity contribution in [3.8, 4) is 23.0 Å². The number of halogens is 1. The average Bonchev–Trinajstić information content (AvgIpc) is 3.22. The van der Waals surface area contributed by atoms with Crippen molar-refractivity contribution in [2.75, 3.05) is 45.3 Å². The van der Waals surface area contributed by atoms with Gasteiger partial charge >= 0.3 is 0 Å². The molecule has 0 aromatic heterocycles. The van der Waals surface area contributed by atoms with Crippen LogP contribution in [0, 0.1) is 5.82 Å². The third-order valence-electron chi connectivity index (χ3n) is 6.59. The summed E-state index contributed by atoms with van der Waals surface area (Å²) in [5, 5.41) is 10.6. The molecule has 0 aliphatic carbocycles. The number of carbonyl (C=O) groups is 1. The highest BCUT2D eigenvalue weighted by Gasteiger charge is 2.32. The van der Waals surface area contributed by atoms with E-state index in [-0.39, 0.29) is 23.1 Å². The van der Waals surface area contributed by atoms with Crippen molar-refractivity contribution in [2.45, 2.75) is 6.54 Å². The molecule has 8 heteroatoms. The molecule has 0 spiro atoms. The second-order valence-corrected chi connectivity index (χ2v) is 8.73. The Labute approximate surface area is 208 Å². The van der Waals surface area contributed by atoms with Crippen molar-refractivity contribution in [2.24, 2.45) is 0 Å². The van der Waals surface area contributed by atoms with E-state index in [2.05, 4.69) is 9.80 Å². The van der Waals surface area contributed by atoms with Crippen LogP contribution in [0.1, 0.15) is 21.5 Å². The SMILES string of the molecule is COc1ccc(/C=C2\Oc3c(ccc(O)c3CN3CCN(c4ccc(F)cc4)CC3)C2=O)c(OC)c1. The minimum Gasteiger partial charge on any atom is -0.507 e. The van der Waals surface area contributed by atoms with Crippen LogP contribution in [0.5, 0.6) is 23.0 Å². The van der Waals surface area contributed by atoms with Gasteiger partial charge < -0.3 is 24.2 Å². The molecule has 2 aliphatic heterocycles. The molecule has 186 valence electrons. The molecule has 2 heterocycles. The first-order valence-electron chi connectivity index (χ1n) is 11.7. The molecular formula is C28H27FN2O5. The molecule has 1 saturated heterocycles. The van der Waals surface area contributed by atoms with Crippen LogP contribution < -0.4 is 19.1 Å². The number of phenols is 1. The number of ketones is 1. The standard InChI is InChI=1S/C28H27FN2O5/c1-34-21-8-3-18(25(16-21)35-2)15-26-27(33)22-9-10-24(32)23(28(22)36-26)17-30-11-13-31(14-12-30)20-6-4-19(29)5-7-20/h3-10,15-16,32H,11-14,17H2,1-2H3/b26-15-. The minimum absolute atomic E-state index is 0.0887. The summed E-state index contributed by atoms with van der Waals surface area (Å²) >= 11 is 0. The number of fused-ring (bicyclic) bond motifs is 1. The second-order valence-electron chi connectivity index (χ2n) is 8.73. The first kappa shape index (κ1) is 23.7. The molecule has 2 aliphatic rings. The smallest absolute Gasteiger partial charge is 0.231 e. The molecule has 0 atom stereocenters. The van der Waals surface area contributed by atoms with Gasteiger partial charge in [-0.05, 0) is 54.6 Å². The fourth-order valence-corrected chi connectivity index (χ4v) is 4.57. The van der Waals surface area contributed by atoms with E-state index in [4.69, 9.17) is 14.2 Å². The molecule has 1 N–H and O–H groups in total. The lowest BCUT2D eigenvalue weighted by molar-refractivity contribution is 0.101. The fraction of sp³-hybridized carbons (Fsp3) is 0.250. The van der Waals surface area contributed by atoms with Gasteiger partial charge in [0, 0.05) is 50.0 Å². The number of piperazine rings is 1. The minimum atomic E-state index is -0.251. The molecule has 1 fully saturated rings. The van der Waals surface area contributed by atoms with Gasteiger partial charge in [-0.2, -0.15) is 0 Å². The van der Waals surface area contributed by atoms with E-state index in [1.807, 2.05) is 0 Å². The zero-order chi connectivity index (χ0) is 25.2. The maximum atomic E-state index is 13.2. The normalized spacial score (nSPS) is 16.7. The van der Waals surface area contributed by atoms with Gasteiger partial charge in [0.1, 0.15) is 28.8 Å². The van der Waals surface area contributed by atoms with Crippen LogP contribution in [-0.2, 0) is 6.54 Å². The van der Waals surface area contributed by atoms with Crippen LogP contribution in [0.15, 0.2) is 60.4 Å². The summed E-state index contributed by atoms with van der Waals surface area (Å²) in [5.74, 6) is 1.34. The zero-order valence-corrected chi connectivity index (χ0v) is 20.2. The summed E-state index contributed by atoms with van der Waals surface area (Å²) in [6.45, 7) is 3.48. The zero-order valence-electron chi connectivity index (χ0n) is 20.2. The van der Waals surface area contributed by atoms with Crippen LogP contribution in [0.25, 0.3) is 6.08 Å². The predicted octanol–water partition coefficient (Wildman–Crippen LogP) is 4.49. The number of aromatic hydroxyl groups is 1. The Morgan fingerprint density at radius 2 is 1.75 bits per heavy atom. The number of benzene rings is 3. The van der Waals surface area contributed by atoms with Gasteiger partial charge in [0.05, 0.1) is 25.3 Å². The largest absolute Gasteiger partial charge is 0.507 e. The second kappa shape index (κ2) is 9.91. The highest BCUT2D eigenvalue weighted by Crippen LogP contribution is 2.41. The molecule has 3 aromatic rings. The first-order valence-corrected chi connectivity index (χ1v) is 11.7. The molecule has 5 rings (SSSR count). The third-order valence-corrected chi connectivity index (χ3v) is 6.59. The van der Waals surface area contributed by atoms with Crippen LogP contribution in [-0.4, -0.2) is 56.2 Å². The van der Waals surface area contributed by atoms with Crippen molar-refractivity contribution in [1.29, 1.82) is 0 Å². The highest BCUT2D eigenvalue weighted by molar-refractivity contribution is 6.15. The lowest BCUT2D eigenvalue weighted by atomic mass is 10.0. The molecule has 3 aromatic carbocycles. The highest BCUT2D eigenvalue weighted by atomic mass is 19.1. The van der Waals surface area contributed by atoms with Crippen molar-refractivity contribution < 1.29 is 28.5 Å². The van der Waals surface area contributed by atoms with Crippen LogP contribution in [0.3, 0.4) is 0 Å².